The lowest BCUT2D eigenvalue weighted by atomic mass is 10.1. The molecule has 2 atom stereocenters. The van der Waals surface area contributed by atoms with Gasteiger partial charge in [0.25, 0.3) is 0 Å². The highest BCUT2D eigenvalue weighted by Crippen LogP contribution is 2.28. The lowest BCUT2D eigenvalue weighted by molar-refractivity contribution is 0.0482. The fourth-order valence-electron chi connectivity index (χ4n) is 3.72. The molecule has 7 nitrogen and oxygen atoms in total. The first-order chi connectivity index (χ1) is 17.4. The number of ether oxygens (including phenoxy) is 2. The quantitative estimate of drug-likeness (QED) is 0.306. The third kappa shape index (κ3) is 6.79. The van der Waals surface area contributed by atoms with Crippen molar-refractivity contribution in [1.29, 1.82) is 0 Å². The second-order valence-electron chi connectivity index (χ2n) is 8.59. The molecule has 0 amide bonds. The minimum absolute atomic E-state index is 0.0488. The summed E-state index contributed by atoms with van der Waals surface area (Å²) in [5, 5.41) is 14.9. The van der Waals surface area contributed by atoms with Crippen LogP contribution in [0.15, 0.2) is 79.0 Å². The Morgan fingerprint density at radius 2 is 1.81 bits per heavy atom. The van der Waals surface area contributed by atoms with E-state index in [-0.39, 0.29) is 12.7 Å². The van der Waals surface area contributed by atoms with Crippen LogP contribution in [-0.2, 0) is 0 Å². The molecule has 0 saturated carbocycles. The van der Waals surface area contributed by atoms with Gasteiger partial charge in [-0.05, 0) is 74.0 Å². The standard InChI is InChI=1S/C28H29ClN2O5/c1-19-14-26-25(12-13-31(26)36-28(33)21-8-10-22(29)11-9-21)27(15-19)34-18-23(32)17-30-16-20(2)35-24-6-4-3-5-7-24/h3-15,20,23,30,32H,16-18H2,1-2H3. The van der Waals surface area contributed by atoms with E-state index in [1.54, 1.807) is 30.5 Å². The number of hydrogen-bond donors (Lipinski definition) is 2. The van der Waals surface area contributed by atoms with Crippen LogP contribution in [0, 0.1) is 6.92 Å². The van der Waals surface area contributed by atoms with Crippen LogP contribution in [0.4, 0.5) is 0 Å². The molecule has 0 radical (unpaired) electrons. The van der Waals surface area contributed by atoms with Gasteiger partial charge in [-0.3, -0.25) is 0 Å². The van der Waals surface area contributed by atoms with Crippen molar-refractivity contribution in [3.63, 3.8) is 0 Å². The number of fused-ring (bicyclic) bond motifs is 1. The lowest BCUT2D eigenvalue weighted by Gasteiger charge is -2.18. The van der Waals surface area contributed by atoms with E-state index >= 15 is 0 Å². The average molecular weight is 509 g/mol. The van der Waals surface area contributed by atoms with Crippen molar-refractivity contribution in [2.24, 2.45) is 0 Å². The SMILES string of the molecule is Cc1cc(OCC(O)CNCC(C)Oc2ccccc2)c2ccn(OC(=O)c3ccc(Cl)cc3)c2c1. The van der Waals surface area contributed by atoms with E-state index in [4.69, 9.17) is 25.9 Å². The second-order valence-corrected chi connectivity index (χ2v) is 9.02. The maximum Gasteiger partial charge on any atom is 0.363 e. The molecule has 1 aromatic heterocycles. The third-order valence-electron chi connectivity index (χ3n) is 5.46. The van der Waals surface area contributed by atoms with Crippen LogP contribution >= 0.6 is 11.6 Å². The van der Waals surface area contributed by atoms with E-state index in [0.29, 0.717) is 34.9 Å². The zero-order chi connectivity index (χ0) is 25.5. The molecule has 0 saturated heterocycles. The highest BCUT2D eigenvalue weighted by Gasteiger charge is 2.15. The lowest BCUT2D eigenvalue weighted by Crippen LogP contribution is -2.36. The number of carbonyl (C=O) groups is 1. The number of aryl methyl sites for hydroxylation is 1. The molecular weight excluding hydrogens is 480 g/mol. The van der Waals surface area contributed by atoms with Crippen molar-refractivity contribution in [3.8, 4) is 11.5 Å². The van der Waals surface area contributed by atoms with Crippen molar-refractivity contribution in [3.05, 3.63) is 95.1 Å². The summed E-state index contributed by atoms with van der Waals surface area (Å²) in [6, 6.07) is 21.7. The average Bonchev–Trinajstić information content (AvgIpc) is 3.25. The number of para-hydroxylation sites is 1. The molecule has 8 heteroatoms. The Bertz CT molecular complexity index is 1290. The van der Waals surface area contributed by atoms with Gasteiger partial charge in [-0.15, -0.1) is 0 Å². The van der Waals surface area contributed by atoms with Crippen molar-refractivity contribution in [1.82, 2.24) is 10.0 Å². The van der Waals surface area contributed by atoms with Crippen LogP contribution in [0.5, 0.6) is 11.5 Å². The predicted octanol–water partition coefficient (Wildman–Crippen LogP) is 4.67. The molecule has 2 unspecified atom stereocenters. The molecule has 4 rings (SSSR count). The fraction of sp³-hybridized carbons (Fsp3) is 0.250. The van der Waals surface area contributed by atoms with E-state index in [0.717, 1.165) is 16.7 Å². The van der Waals surface area contributed by atoms with E-state index in [1.165, 1.54) is 4.73 Å². The van der Waals surface area contributed by atoms with E-state index in [2.05, 4.69) is 5.32 Å². The summed E-state index contributed by atoms with van der Waals surface area (Å²) in [5.74, 6) is 0.913. The monoisotopic (exact) mass is 508 g/mol. The summed E-state index contributed by atoms with van der Waals surface area (Å²) < 4.78 is 13.2. The Morgan fingerprint density at radius 1 is 1.06 bits per heavy atom. The van der Waals surface area contributed by atoms with Gasteiger partial charge in [-0.25, -0.2) is 4.79 Å². The maximum atomic E-state index is 12.5. The number of hydrogen-bond acceptors (Lipinski definition) is 6. The summed E-state index contributed by atoms with van der Waals surface area (Å²) in [6.45, 7) is 4.95. The number of aliphatic hydroxyl groups excluding tert-OH is 1. The Morgan fingerprint density at radius 3 is 2.56 bits per heavy atom. The summed E-state index contributed by atoms with van der Waals surface area (Å²) in [5.41, 5.74) is 2.01. The van der Waals surface area contributed by atoms with Crippen LogP contribution in [0.2, 0.25) is 5.02 Å². The van der Waals surface area contributed by atoms with Gasteiger partial charge in [0.15, 0.2) is 0 Å². The Labute approximate surface area is 215 Å². The number of nitrogens with one attached hydrogen (secondary N) is 1. The van der Waals surface area contributed by atoms with E-state index in [1.807, 2.05) is 62.4 Å². The number of aromatic nitrogens is 1. The van der Waals surface area contributed by atoms with Gasteiger partial charge in [0, 0.05) is 29.7 Å². The fourth-order valence-corrected chi connectivity index (χ4v) is 3.84. The number of aliphatic hydroxyl groups is 1. The molecule has 188 valence electrons. The van der Waals surface area contributed by atoms with Crippen molar-refractivity contribution < 1.29 is 24.2 Å². The highest BCUT2D eigenvalue weighted by molar-refractivity contribution is 6.30. The molecule has 0 aliphatic carbocycles. The van der Waals surface area contributed by atoms with Gasteiger partial charge < -0.3 is 24.7 Å². The molecule has 0 bridgehead atoms. The van der Waals surface area contributed by atoms with Crippen LogP contribution in [-0.4, -0.2) is 47.7 Å². The molecule has 36 heavy (non-hydrogen) atoms. The van der Waals surface area contributed by atoms with Gasteiger partial charge in [-0.2, -0.15) is 4.73 Å². The zero-order valence-corrected chi connectivity index (χ0v) is 20.9. The first-order valence-electron chi connectivity index (χ1n) is 11.7. The first kappa shape index (κ1) is 25.6. The number of nitrogens with zero attached hydrogens (tertiary/aromatic N) is 1. The Kier molecular flexibility index (Phi) is 8.48. The first-order valence-corrected chi connectivity index (χ1v) is 12.1. The molecule has 4 aromatic rings. The Balaban J connectivity index is 1.32. The van der Waals surface area contributed by atoms with Gasteiger partial charge >= 0.3 is 5.97 Å². The summed E-state index contributed by atoms with van der Waals surface area (Å²) in [7, 11) is 0. The minimum atomic E-state index is -0.714. The summed E-state index contributed by atoms with van der Waals surface area (Å²) in [6.07, 6.45) is 0.901. The summed E-state index contributed by atoms with van der Waals surface area (Å²) >= 11 is 5.90. The van der Waals surface area contributed by atoms with Crippen LogP contribution in [0.3, 0.4) is 0 Å². The normalized spacial score (nSPS) is 12.8. The van der Waals surface area contributed by atoms with Crippen LogP contribution in [0.1, 0.15) is 22.8 Å². The van der Waals surface area contributed by atoms with Crippen molar-refractivity contribution in [2.75, 3.05) is 19.7 Å². The third-order valence-corrected chi connectivity index (χ3v) is 5.72. The maximum absolute atomic E-state index is 12.5. The van der Waals surface area contributed by atoms with E-state index in [9.17, 15) is 9.90 Å². The molecule has 0 aliphatic heterocycles. The molecule has 0 aliphatic rings. The summed E-state index contributed by atoms with van der Waals surface area (Å²) in [4.78, 5) is 18.1. The molecule has 0 spiro atoms. The predicted molar refractivity (Wildman–Crippen MR) is 140 cm³/mol. The number of rotatable bonds is 11. The molecule has 3 aromatic carbocycles. The highest BCUT2D eigenvalue weighted by atomic mass is 35.5. The smallest absolute Gasteiger partial charge is 0.363 e. The van der Waals surface area contributed by atoms with Gasteiger partial charge in [0.2, 0.25) is 0 Å². The number of carbonyl (C=O) groups excluding carboxylic acids is 1. The second kappa shape index (κ2) is 11.9. The number of benzene rings is 3. The minimum Gasteiger partial charge on any atom is -0.490 e. The van der Waals surface area contributed by atoms with Gasteiger partial charge in [0.1, 0.15) is 30.3 Å². The van der Waals surface area contributed by atoms with Crippen molar-refractivity contribution >= 4 is 28.5 Å². The van der Waals surface area contributed by atoms with Gasteiger partial charge in [-0.1, -0.05) is 29.8 Å². The van der Waals surface area contributed by atoms with Crippen LogP contribution < -0.4 is 19.6 Å². The molecule has 0 fully saturated rings. The van der Waals surface area contributed by atoms with E-state index < -0.39 is 12.1 Å². The molecule has 2 N–H and O–H groups in total. The molecule has 1 heterocycles. The number of halogens is 1. The Hall–Kier alpha value is -3.52. The van der Waals surface area contributed by atoms with Crippen LogP contribution in [0.25, 0.3) is 10.9 Å². The largest absolute Gasteiger partial charge is 0.490 e. The topological polar surface area (TPSA) is 81.9 Å². The van der Waals surface area contributed by atoms with Crippen molar-refractivity contribution in [2.45, 2.75) is 26.1 Å². The molecular formula is C28H29ClN2O5. The zero-order valence-electron chi connectivity index (χ0n) is 20.2. The van der Waals surface area contributed by atoms with Gasteiger partial charge in [0.05, 0.1) is 11.1 Å².